The third kappa shape index (κ3) is 7.09. The van der Waals surface area contributed by atoms with Crippen molar-refractivity contribution in [3.8, 4) is 6.07 Å². The molecule has 0 aromatic rings. The van der Waals surface area contributed by atoms with Gasteiger partial charge in [-0.15, -0.1) is 0 Å². The zero-order valence-corrected chi connectivity index (χ0v) is 5.97. The van der Waals surface area contributed by atoms with E-state index in [1.54, 1.807) is 0 Å². The second-order valence-electron chi connectivity index (χ2n) is 2.35. The van der Waals surface area contributed by atoms with Gasteiger partial charge >= 0.3 is 0 Å². The highest BCUT2D eigenvalue weighted by molar-refractivity contribution is 4.89. The molecule has 52 valence electrons. The maximum Gasteiger partial charge on any atom is 0.0683 e. The molecule has 0 bridgehead atoms. The van der Waals surface area contributed by atoms with E-state index in [-0.39, 0.29) is 5.41 Å². The van der Waals surface area contributed by atoms with Gasteiger partial charge in [0.25, 0.3) is 0 Å². The summed E-state index contributed by atoms with van der Waals surface area (Å²) in [7, 11) is 0. The van der Waals surface area contributed by atoms with Gasteiger partial charge in [-0.25, -0.2) is 0 Å². The summed E-state index contributed by atoms with van der Waals surface area (Å²) in [6, 6.07) is 2.19. The lowest BCUT2D eigenvalue weighted by atomic mass is 9.93. The maximum absolute atomic E-state index is 8.34. The molecule has 0 spiro atoms. The van der Waals surface area contributed by atoms with Gasteiger partial charge in [-0.2, -0.15) is 5.26 Å². The fourth-order valence-corrected chi connectivity index (χ4v) is 0.0791. The first-order valence-corrected chi connectivity index (χ1v) is 2.70. The lowest BCUT2D eigenvalue weighted by molar-refractivity contribution is 0.477. The highest BCUT2D eigenvalue weighted by Crippen LogP contribution is 2.16. The van der Waals surface area contributed by atoms with Gasteiger partial charge in [0, 0.05) is 9.93 Å². The highest BCUT2D eigenvalue weighted by Gasteiger charge is 2.11. The van der Waals surface area contributed by atoms with Crippen LogP contribution in [0.1, 0.15) is 27.2 Å². The molecule has 0 aliphatic rings. The van der Waals surface area contributed by atoms with Crippen molar-refractivity contribution in [1.82, 2.24) is 0 Å². The summed E-state index contributed by atoms with van der Waals surface area (Å²) >= 11 is 0. The first-order chi connectivity index (χ1) is 4.12. The summed E-state index contributed by atoms with van der Waals surface area (Å²) in [5.74, 6) is 0. The minimum atomic E-state index is -0.111. The van der Waals surface area contributed by atoms with Crippen LogP contribution in [-0.2, 0) is 0 Å². The zero-order chi connectivity index (χ0) is 7.91. The highest BCUT2D eigenvalue weighted by atomic mass is 16.7. The van der Waals surface area contributed by atoms with Crippen molar-refractivity contribution in [2.45, 2.75) is 27.2 Å². The van der Waals surface area contributed by atoms with E-state index < -0.39 is 0 Å². The molecule has 0 aliphatic carbocycles. The Bertz CT molecular complexity index is 104. The molecule has 3 heteroatoms. The van der Waals surface area contributed by atoms with Crippen LogP contribution in [0.4, 0.5) is 0 Å². The van der Waals surface area contributed by atoms with Gasteiger partial charge in [0.2, 0.25) is 0 Å². The fraction of sp³-hybridized carbons (Fsp3) is 0.833. The van der Waals surface area contributed by atoms with Gasteiger partial charge in [-0.3, -0.25) is 0 Å². The lowest BCUT2D eigenvalue weighted by Crippen LogP contribution is -2.03. The molecule has 0 aliphatic heterocycles. The van der Waals surface area contributed by atoms with Crippen LogP contribution in [0.5, 0.6) is 0 Å². The molecule has 9 heavy (non-hydrogen) atoms. The van der Waals surface area contributed by atoms with Crippen LogP contribution in [0.2, 0.25) is 0 Å². The second kappa shape index (κ2) is 5.23. The summed E-state index contributed by atoms with van der Waals surface area (Å²) in [6.45, 7) is 5.89. The van der Waals surface area contributed by atoms with Crippen LogP contribution in [0.15, 0.2) is 0 Å². The average Bonchev–Trinajstić information content (AvgIpc) is 1.93. The Morgan fingerprint density at radius 2 is 1.78 bits per heavy atom. The van der Waals surface area contributed by atoms with E-state index in [1.165, 1.54) is 0 Å². The molecule has 0 aromatic heterocycles. The van der Waals surface area contributed by atoms with E-state index in [0.717, 1.165) is 6.42 Å². The SMILES string of the molecule is CCC(C)(C)C#N.O=O. The van der Waals surface area contributed by atoms with Crippen molar-refractivity contribution in [1.29, 1.82) is 5.26 Å². The van der Waals surface area contributed by atoms with Crippen LogP contribution in [0.3, 0.4) is 0 Å². The smallest absolute Gasteiger partial charge is 0.0683 e. The number of rotatable bonds is 1. The summed E-state index contributed by atoms with van der Waals surface area (Å²) in [4.78, 5) is 14.0. The quantitative estimate of drug-likeness (QED) is 0.544. The summed E-state index contributed by atoms with van der Waals surface area (Å²) in [6.07, 6.45) is 0.934. The first kappa shape index (κ1) is 11.0. The molecule has 0 saturated carbocycles. The van der Waals surface area contributed by atoms with Gasteiger partial charge < -0.3 is 0 Å². The molecule has 0 unspecified atom stereocenters. The van der Waals surface area contributed by atoms with Gasteiger partial charge in [-0.05, 0) is 20.3 Å². The van der Waals surface area contributed by atoms with Crippen molar-refractivity contribution in [3.05, 3.63) is 9.93 Å². The van der Waals surface area contributed by atoms with Crippen molar-refractivity contribution in [2.75, 3.05) is 0 Å². The summed E-state index contributed by atoms with van der Waals surface area (Å²) < 4.78 is 0. The predicted octanol–water partition coefficient (Wildman–Crippen LogP) is 2.01. The van der Waals surface area contributed by atoms with Gasteiger partial charge in [0.1, 0.15) is 0 Å². The Morgan fingerprint density at radius 1 is 1.44 bits per heavy atom. The molecule has 0 N–H and O–H groups in total. The van der Waals surface area contributed by atoms with E-state index >= 15 is 0 Å². The van der Waals surface area contributed by atoms with Gasteiger partial charge in [0.15, 0.2) is 0 Å². The maximum atomic E-state index is 8.34. The van der Waals surface area contributed by atoms with Crippen LogP contribution >= 0.6 is 0 Å². The van der Waals surface area contributed by atoms with E-state index in [4.69, 9.17) is 15.2 Å². The molecular weight excluding hydrogens is 118 g/mol. The molecule has 3 nitrogen and oxygen atoms in total. The minimum absolute atomic E-state index is 0.111. The van der Waals surface area contributed by atoms with Crippen LogP contribution in [-0.4, -0.2) is 0 Å². The minimum Gasteiger partial charge on any atom is -0.198 e. The molecule has 0 fully saturated rings. The van der Waals surface area contributed by atoms with Crippen molar-refractivity contribution < 1.29 is 0 Å². The zero-order valence-electron chi connectivity index (χ0n) is 5.97. The average molecular weight is 129 g/mol. The van der Waals surface area contributed by atoms with E-state index in [0.29, 0.717) is 0 Å². The summed E-state index contributed by atoms with van der Waals surface area (Å²) in [5, 5.41) is 8.34. The molecule has 0 heterocycles. The molecule has 0 atom stereocenters. The van der Waals surface area contributed by atoms with Crippen molar-refractivity contribution in [3.63, 3.8) is 0 Å². The standard InChI is InChI=1S/C6H11N.O2/c1-4-6(2,3)5-7;1-2/h4H2,1-3H3;. The molecular formula is C6H11NO2. The topological polar surface area (TPSA) is 57.9 Å². The Balaban J connectivity index is 0. The second-order valence-corrected chi connectivity index (χ2v) is 2.35. The van der Waals surface area contributed by atoms with Crippen LogP contribution in [0, 0.1) is 26.7 Å². The third-order valence-electron chi connectivity index (χ3n) is 1.19. The number of hydrogen-bond donors (Lipinski definition) is 0. The van der Waals surface area contributed by atoms with E-state index in [9.17, 15) is 0 Å². The fourth-order valence-electron chi connectivity index (χ4n) is 0.0791. The molecule has 0 saturated heterocycles. The predicted molar refractivity (Wildman–Crippen MR) is 36.4 cm³/mol. The van der Waals surface area contributed by atoms with Crippen LogP contribution in [0.25, 0.3) is 0 Å². The van der Waals surface area contributed by atoms with E-state index in [1.807, 2.05) is 20.8 Å². The molecule has 0 rings (SSSR count). The Labute approximate surface area is 54.9 Å². The summed E-state index contributed by atoms with van der Waals surface area (Å²) in [5.41, 5.74) is -0.111. The molecule has 0 amide bonds. The normalized spacial score (nSPS) is 8.67. The van der Waals surface area contributed by atoms with Gasteiger partial charge in [0.05, 0.1) is 11.5 Å². The number of nitriles is 1. The number of nitrogens with zero attached hydrogens (tertiary/aromatic N) is 1. The largest absolute Gasteiger partial charge is 0.198 e. The van der Waals surface area contributed by atoms with Gasteiger partial charge in [-0.1, -0.05) is 6.92 Å². The number of hydrogen-bond acceptors (Lipinski definition) is 3. The van der Waals surface area contributed by atoms with Crippen molar-refractivity contribution >= 4 is 0 Å². The Kier molecular flexibility index (Phi) is 6.37. The molecule has 0 aromatic carbocycles. The monoisotopic (exact) mass is 129 g/mol. The van der Waals surface area contributed by atoms with E-state index in [2.05, 4.69) is 6.07 Å². The third-order valence-corrected chi connectivity index (χ3v) is 1.19. The Hall–Kier alpha value is -0.910. The van der Waals surface area contributed by atoms with Crippen LogP contribution < -0.4 is 0 Å². The van der Waals surface area contributed by atoms with Crippen molar-refractivity contribution in [2.24, 2.45) is 5.41 Å². The Morgan fingerprint density at radius 3 is 1.78 bits per heavy atom. The molecule has 0 radical (unpaired) electrons. The lowest BCUT2D eigenvalue weighted by Gasteiger charge is -2.08. The first-order valence-electron chi connectivity index (χ1n) is 2.70.